The number of nitrogens with zero attached hydrogens (tertiary/aromatic N) is 1. The highest BCUT2D eigenvalue weighted by molar-refractivity contribution is 6.02. The third-order valence-electron chi connectivity index (χ3n) is 3.43. The van der Waals surface area contributed by atoms with Crippen LogP contribution in [-0.2, 0) is 4.74 Å². The van der Waals surface area contributed by atoms with Gasteiger partial charge in [-0.2, -0.15) is 0 Å². The number of esters is 1. The third kappa shape index (κ3) is 3.19. The zero-order valence-electron chi connectivity index (χ0n) is 12.7. The molecule has 1 aromatic heterocycles. The first kappa shape index (κ1) is 16.2. The Morgan fingerprint density at radius 2 is 1.91 bits per heavy atom. The lowest BCUT2D eigenvalue weighted by Gasteiger charge is -2.33. The molecule has 0 atom stereocenters. The van der Waals surface area contributed by atoms with Gasteiger partial charge in [0.2, 0.25) is 0 Å². The van der Waals surface area contributed by atoms with Crippen LogP contribution in [0.25, 0.3) is 0 Å². The molecule has 2 rings (SSSR count). The molecule has 0 spiro atoms. The SMILES string of the molecule is CC(C)(C)OC(=O)c1c(C(=O)O)ccn(C2CC(O)C2)c1=O. The second-order valence-electron chi connectivity index (χ2n) is 6.40. The number of aromatic carboxylic acids is 1. The van der Waals surface area contributed by atoms with Gasteiger partial charge in [-0.3, -0.25) is 4.79 Å². The molecule has 1 aliphatic rings. The Bertz CT molecular complexity index is 664. The summed E-state index contributed by atoms with van der Waals surface area (Å²) < 4.78 is 6.43. The molecular formula is C15H19NO6. The Kier molecular flexibility index (Phi) is 4.10. The van der Waals surface area contributed by atoms with Crippen LogP contribution in [0, 0.1) is 0 Å². The molecule has 0 amide bonds. The first-order valence-electron chi connectivity index (χ1n) is 7.00. The molecule has 1 heterocycles. The standard InChI is InChI=1S/C15H19NO6/c1-15(2,3)22-14(21)11-10(13(19)20)4-5-16(12(11)18)8-6-9(17)7-8/h4-5,8-9,17H,6-7H2,1-3H3,(H,19,20). The lowest BCUT2D eigenvalue weighted by Crippen LogP contribution is -2.40. The van der Waals surface area contributed by atoms with Gasteiger partial charge in [-0.1, -0.05) is 0 Å². The van der Waals surface area contributed by atoms with Gasteiger partial charge < -0.3 is 19.5 Å². The fourth-order valence-corrected chi connectivity index (χ4v) is 2.33. The van der Waals surface area contributed by atoms with Crippen LogP contribution in [0.2, 0.25) is 0 Å². The molecular weight excluding hydrogens is 290 g/mol. The van der Waals surface area contributed by atoms with E-state index >= 15 is 0 Å². The number of hydrogen-bond donors (Lipinski definition) is 2. The Morgan fingerprint density at radius 1 is 1.32 bits per heavy atom. The van der Waals surface area contributed by atoms with Crippen molar-refractivity contribution in [3.63, 3.8) is 0 Å². The van der Waals surface area contributed by atoms with Gasteiger partial charge in [-0.15, -0.1) is 0 Å². The van der Waals surface area contributed by atoms with E-state index in [-0.39, 0.29) is 11.6 Å². The summed E-state index contributed by atoms with van der Waals surface area (Å²) in [5, 5.41) is 18.5. The minimum absolute atomic E-state index is 0.230. The van der Waals surface area contributed by atoms with Crippen molar-refractivity contribution in [1.82, 2.24) is 4.57 Å². The van der Waals surface area contributed by atoms with Crippen LogP contribution < -0.4 is 5.56 Å². The third-order valence-corrected chi connectivity index (χ3v) is 3.43. The predicted molar refractivity (Wildman–Crippen MR) is 77.1 cm³/mol. The minimum atomic E-state index is -1.36. The Morgan fingerprint density at radius 3 is 2.36 bits per heavy atom. The predicted octanol–water partition coefficient (Wildman–Crippen LogP) is 1.20. The van der Waals surface area contributed by atoms with Crippen molar-refractivity contribution in [2.75, 3.05) is 0 Å². The van der Waals surface area contributed by atoms with Gasteiger partial charge in [-0.25, -0.2) is 9.59 Å². The summed E-state index contributed by atoms with van der Waals surface area (Å²) in [6.07, 6.45) is 1.68. The van der Waals surface area contributed by atoms with Crippen LogP contribution in [0.5, 0.6) is 0 Å². The average molecular weight is 309 g/mol. The van der Waals surface area contributed by atoms with Crippen molar-refractivity contribution in [1.29, 1.82) is 0 Å². The van der Waals surface area contributed by atoms with E-state index in [2.05, 4.69) is 0 Å². The average Bonchev–Trinajstić information content (AvgIpc) is 2.32. The maximum Gasteiger partial charge on any atom is 0.345 e. The Hall–Kier alpha value is -2.15. The molecule has 0 aliphatic heterocycles. The summed E-state index contributed by atoms with van der Waals surface area (Å²) in [6.45, 7) is 4.90. The van der Waals surface area contributed by atoms with Crippen molar-refractivity contribution >= 4 is 11.9 Å². The number of pyridine rings is 1. The van der Waals surface area contributed by atoms with Crippen molar-refractivity contribution in [3.05, 3.63) is 33.7 Å². The number of aliphatic hydroxyl groups is 1. The van der Waals surface area contributed by atoms with E-state index in [0.717, 1.165) is 0 Å². The summed E-state index contributed by atoms with van der Waals surface area (Å²) in [7, 11) is 0. The highest BCUT2D eigenvalue weighted by Crippen LogP contribution is 2.31. The molecule has 120 valence electrons. The zero-order valence-corrected chi connectivity index (χ0v) is 12.7. The van der Waals surface area contributed by atoms with Gasteiger partial charge in [0.1, 0.15) is 11.2 Å². The number of carboxylic acids is 1. The molecule has 2 N–H and O–H groups in total. The van der Waals surface area contributed by atoms with Gasteiger partial charge in [0.05, 0.1) is 11.7 Å². The number of carboxylic acid groups (broad SMARTS) is 1. The largest absolute Gasteiger partial charge is 0.478 e. The number of rotatable bonds is 3. The van der Waals surface area contributed by atoms with E-state index in [1.54, 1.807) is 20.8 Å². The molecule has 1 aromatic rings. The molecule has 0 saturated heterocycles. The lowest BCUT2D eigenvalue weighted by molar-refractivity contribution is 0.00611. The maximum absolute atomic E-state index is 12.5. The van der Waals surface area contributed by atoms with E-state index in [4.69, 9.17) is 4.74 Å². The molecule has 1 saturated carbocycles. The van der Waals surface area contributed by atoms with Gasteiger partial charge in [0.15, 0.2) is 0 Å². The Balaban J connectivity index is 2.48. The van der Waals surface area contributed by atoms with E-state index in [9.17, 15) is 24.6 Å². The quantitative estimate of drug-likeness (QED) is 0.813. The first-order valence-corrected chi connectivity index (χ1v) is 7.00. The number of aromatic nitrogens is 1. The molecule has 22 heavy (non-hydrogen) atoms. The van der Waals surface area contributed by atoms with Crippen molar-refractivity contribution in [3.8, 4) is 0 Å². The second kappa shape index (κ2) is 5.57. The molecule has 1 fully saturated rings. The van der Waals surface area contributed by atoms with E-state index in [0.29, 0.717) is 12.8 Å². The summed E-state index contributed by atoms with van der Waals surface area (Å²) in [4.78, 5) is 35.9. The van der Waals surface area contributed by atoms with E-state index < -0.39 is 34.8 Å². The lowest BCUT2D eigenvalue weighted by atomic mass is 9.89. The molecule has 1 aliphatic carbocycles. The van der Waals surface area contributed by atoms with Gasteiger partial charge in [0.25, 0.3) is 5.56 Å². The fraction of sp³-hybridized carbons (Fsp3) is 0.533. The van der Waals surface area contributed by atoms with Crippen LogP contribution in [0.4, 0.5) is 0 Å². The highest BCUT2D eigenvalue weighted by atomic mass is 16.6. The van der Waals surface area contributed by atoms with E-state index in [1.807, 2.05) is 0 Å². The molecule has 7 heteroatoms. The summed E-state index contributed by atoms with van der Waals surface area (Å²) in [5.41, 5.74) is -2.40. The van der Waals surface area contributed by atoms with Gasteiger partial charge >= 0.3 is 11.9 Å². The van der Waals surface area contributed by atoms with Crippen molar-refractivity contribution in [2.45, 2.75) is 51.4 Å². The molecule has 0 radical (unpaired) electrons. The number of aliphatic hydroxyl groups excluding tert-OH is 1. The van der Waals surface area contributed by atoms with Crippen LogP contribution >= 0.6 is 0 Å². The topological polar surface area (TPSA) is 106 Å². The molecule has 0 bridgehead atoms. The second-order valence-corrected chi connectivity index (χ2v) is 6.40. The normalized spacial score (nSPS) is 21.1. The van der Waals surface area contributed by atoms with Gasteiger partial charge in [-0.05, 0) is 39.7 Å². The highest BCUT2D eigenvalue weighted by Gasteiger charge is 2.33. The van der Waals surface area contributed by atoms with Crippen molar-refractivity contribution in [2.24, 2.45) is 0 Å². The number of carbonyl (C=O) groups is 2. The number of carbonyl (C=O) groups excluding carboxylic acids is 1. The fourth-order valence-electron chi connectivity index (χ4n) is 2.33. The van der Waals surface area contributed by atoms with Crippen molar-refractivity contribution < 1.29 is 24.5 Å². The van der Waals surface area contributed by atoms with Crippen LogP contribution in [0.1, 0.15) is 60.4 Å². The molecule has 7 nitrogen and oxygen atoms in total. The van der Waals surface area contributed by atoms with Gasteiger partial charge in [0, 0.05) is 12.2 Å². The zero-order chi connectivity index (χ0) is 16.7. The number of hydrogen-bond acceptors (Lipinski definition) is 5. The molecule has 0 unspecified atom stereocenters. The smallest absolute Gasteiger partial charge is 0.345 e. The first-order chi connectivity index (χ1) is 10.1. The maximum atomic E-state index is 12.5. The monoisotopic (exact) mass is 309 g/mol. The van der Waals surface area contributed by atoms with Crippen LogP contribution in [-0.4, -0.2) is 38.4 Å². The minimum Gasteiger partial charge on any atom is -0.478 e. The number of ether oxygens (including phenoxy) is 1. The van der Waals surface area contributed by atoms with Crippen LogP contribution in [0.15, 0.2) is 17.1 Å². The summed E-state index contributed by atoms with van der Waals surface area (Å²) in [6, 6.07) is 0.986. The van der Waals surface area contributed by atoms with Crippen LogP contribution in [0.3, 0.4) is 0 Å². The summed E-state index contributed by atoms with van der Waals surface area (Å²) >= 11 is 0. The Labute approximate surface area is 127 Å². The summed E-state index contributed by atoms with van der Waals surface area (Å²) in [5.74, 6) is -2.32. The molecule has 0 aromatic carbocycles. The van der Waals surface area contributed by atoms with E-state index in [1.165, 1.54) is 16.8 Å².